The summed E-state index contributed by atoms with van der Waals surface area (Å²) in [5, 5.41) is 10.7. The molecule has 1 aromatic rings. The molecule has 1 atom stereocenters. The Bertz CT molecular complexity index is 585. The van der Waals surface area contributed by atoms with E-state index in [1.54, 1.807) is 7.11 Å². The number of rotatable bonds is 6. The monoisotopic (exact) mass is 361 g/mol. The van der Waals surface area contributed by atoms with Gasteiger partial charge < -0.3 is 19.5 Å². The van der Waals surface area contributed by atoms with Crippen LogP contribution in [0.4, 0.5) is 0 Å². The van der Waals surface area contributed by atoms with Gasteiger partial charge in [0, 0.05) is 13.7 Å². The molecule has 1 saturated carbocycles. The lowest BCUT2D eigenvalue weighted by molar-refractivity contribution is -0.149. The van der Waals surface area contributed by atoms with E-state index in [4.69, 9.17) is 9.47 Å². The van der Waals surface area contributed by atoms with Crippen molar-refractivity contribution in [3.63, 3.8) is 0 Å². The summed E-state index contributed by atoms with van der Waals surface area (Å²) in [5.41, 5.74) is -1.30. The summed E-state index contributed by atoms with van der Waals surface area (Å²) in [5.74, 6) is 0.846. The fourth-order valence-electron chi connectivity index (χ4n) is 4.17. The highest BCUT2D eigenvalue weighted by Gasteiger charge is 2.40. The summed E-state index contributed by atoms with van der Waals surface area (Å²) in [6.07, 6.45) is 6.63. The molecule has 1 amide bonds. The van der Waals surface area contributed by atoms with Crippen molar-refractivity contribution in [2.45, 2.75) is 62.6 Å². The van der Waals surface area contributed by atoms with Crippen LogP contribution in [-0.4, -0.2) is 53.9 Å². The molecule has 3 rings (SSSR count). The van der Waals surface area contributed by atoms with Gasteiger partial charge in [0.05, 0.1) is 18.6 Å². The molecule has 1 saturated heterocycles. The molecular formula is C21H31NO4. The van der Waals surface area contributed by atoms with E-state index in [2.05, 4.69) is 0 Å². The second-order valence-corrected chi connectivity index (χ2v) is 7.87. The highest BCUT2D eigenvalue weighted by molar-refractivity contribution is 5.77. The first-order chi connectivity index (χ1) is 12.5. The third-order valence-corrected chi connectivity index (χ3v) is 5.83. The lowest BCUT2D eigenvalue weighted by Crippen LogP contribution is -2.55. The Labute approximate surface area is 156 Å². The first-order valence-corrected chi connectivity index (χ1v) is 9.77. The molecule has 1 aliphatic carbocycles. The average Bonchev–Trinajstić information content (AvgIpc) is 2.67. The minimum absolute atomic E-state index is 0.0373. The number of benzene rings is 1. The maximum absolute atomic E-state index is 12.8. The van der Waals surface area contributed by atoms with Crippen molar-refractivity contribution in [1.82, 2.24) is 4.90 Å². The van der Waals surface area contributed by atoms with E-state index in [9.17, 15) is 9.90 Å². The predicted molar refractivity (Wildman–Crippen MR) is 100 cm³/mol. The van der Waals surface area contributed by atoms with Gasteiger partial charge in [0.25, 0.3) is 0 Å². The van der Waals surface area contributed by atoms with Crippen molar-refractivity contribution in [1.29, 1.82) is 0 Å². The van der Waals surface area contributed by atoms with Gasteiger partial charge in [-0.15, -0.1) is 0 Å². The summed E-state index contributed by atoms with van der Waals surface area (Å²) in [7, 11) is 1.69. The maximum atomic E-state index is 12.8. The molecule has 5 heteroatoms. The number of likely N-dealkylation sites (tertiary alicyclic amines) is 1. The lowest BCUT2D eigenvalue weighted by atomic mass is 9.82. The largest absolute Gasteiger partial charge is 0.491 e. The highest BCUT2D eigenvalue weighted by Crippen LogP contribution is 2.33. The number of amides is 1. The number of carbonyl (C=O) groups excluding carboxylic acids is 1. The molecule has 1 heterocycles. The third kappa shape index (κ3) is 4.77. The Morgan fingerprint density at radius 2 is 1.85 bits per heavy atom. The van der Waals surface area contributed by atoms with Gasteiger partial charge in [-0.3, -0.25) is 4.79 Å². The van der Waals surface area contributed by atoms with Gasteiger partial charge in [-0.05, 0) is 37.8 Å². The lowest BCUT2D eigenvalue weighted by Gasteiger charge is -2.42. The van der Waals surface area contributed by atoms with E-state index in [1.807, 2.05) is 35.2 Å². The van der Waals surface area contributed by atoms with E-state index in [0.717, 1.165) is 57.2 Å². The quantitative estimate of drug-likeness (QED) is 0.846. The molecule has 144 valence electrons. The smallest absolute Gasteiger partial charge is 0.225 e. The molecule has 5 nitrogen and oxygen atoms in total. The van der Waals surface area contributed by atoms with Gasteiger partial charge in [0.15, 0.2) is 0 Å². The van der Waals surface area contributed by atoms with Crippen LogP contribution in [0, 0.1) is 0 Å². The van der Waals surface area contributed by atoms with Gasteiger partial charge in [-0.2, -0.15) is 0 Å². The summed E-state index contributed by atoms with van der Waals surface area (Å²) >= 11 is 0. The molecule has 0 spiro atoms. The number of ether oxygens (including phenoxy) is 2. The Morgan fingerprint density at radius 3 is 2.54 bits per heavy atom. The first-order valence-electron chi connectivity index (χ1n) is 9.77. The van der Waals surface area contributed by atoms with E-state index in [1.165, 1.54) is 0 Å². The second kappa shape index (κ2) is 8.40. The van der Waals surface area contributed by atoms with E-state index in [-0.39, 0.29) is 12.3 Å². The zero-order chi connectivity index (χ0) is 18.5. The predicted octanol–water partition coefficient (Wildman–Crippen LogP) is 3.16. The number of hydrogen-bond donors (Lipinski definition) is 1. The van der Waals surface area contributed by atoms with E-state index in [0.29, 0.717) is 13.2 Å². The van der Waals surface area contributed by atoms with Crippen molar-refractivity contribution in [2.75, 3.05) is 26.8 Å². The maximum Gasteiger partial charge on any atom is 0.225 e. The van der Waals surface area contributed by atoms with Crippen molar-refractivity contribution >= 4 is 5.91 Å². The van der Waals surface area contributed by atoms with Gasteiger partial charge in [0.1, 0.15) is 18.0 Å². The first kappa shape index (κ1) is 19.2. The molecule has 0 radical (unpaired) electrons. The van der Waals surface area contributed by atoms with Crippen molar-refractivity contribution in [2.24, 2.45) is 0 Å². The van der Waals surface area contributed by atoms with E-state index >= 15 is 0 Å². The van der Waals surface area contributed by atoms with Crippen molar-refractivity contribution in [3.8, 4) is 5.75 Å². The normalized spacial score (nSPS) is 25.7. The number of hydrogen-bond acceptors (Lipinski definition) is 4. The van der Waals surface area contributed by atoms with E-state index < -0.39 is 11.2 Å². The molecular weight excluding hydrogens is 330 g/mol. The van der Waals surface area contributed by atoms with Crippen LogP contribution in [0.1, 0.15) is 51.4 Å². The van der Waals surface area contributed by atoms with Crippen LogP contribution in [0.3, 0.4) is 0 Å². The molecule has 0 aromatic heterocycles. The van der Waals surface area contributed by atoms with Crippen molar-refractivity contribution < 1.29 is 19.4 Å². The topological polar surface area (TPSA) is 59.0 Å². The molecule has 2 aliphatic rings. The molecule has 26 heavy (non-hydrogen) atoms. The van der Waals surface area contributed by atoms with Crippen LogP contribution < -0.4 is 4.74 Å². The minimum Gasteiger partial charge on any atom is -0.491 e. The average molecular weight is 361 g/mol. The number of methoxy groups -OCH3 is 1. The molecule has 0 bridgehead atoms. The number of carbonyl (C=O) groups is 1. The standard InChI is InChI=1S/C21H31NO4/c1-25-21(17-26-18-9-4-2-5-10-18)13-8-14-22(16-21)19(23)15-20(24)11-6-3-7-12-20/h2,4-5,9-10,24H,3,6-8,11-17H2,1H3. The van der Waals surface area contributed by atoms with Crippen LogP contribution in [-0.2, 0) is 9.53 Å². The SMILES string of the molecule is COC1(COc2ccccc2)CCCN(C(=O)CC2(O)CCCCC2)C1. The van der Waals surface area contributed by atoms with Crippen LogP contribution >= 0.6 is 0 Å². The number of aliphatic hydroxyl groups is 1. The van der Waals surface area contributed by atoms with Crippen molar-refractivity contribution in [3.05, 3.63) is 30.3 Å². The second-order valence-electron chi connectivity index (χ2n) is 7.87. The summed E-state index contributed by atoms with van der Waals surface area (Å²) in [6, 6.07) is 9.68. The minimum atomic E-state index is -0.816. The fraction of sp³-hybridized carbons (Fsp3) is 0.667. The Morgan fingerprint density at radius 1 is 1.12 bits per heavy atom. The molecule has 1 aromatic carbocycles. The van der Waals surface area contributed by atoms with Gasteiger partial charge in [-0.25, -0.2) is 0 Å². The summed E-state index contributed by atoms with van der Waals surface area (Å²) in [4.78, 5) is 14.7. The Kier molecular flexibility index (Phi) is 6.20. The Hall–Kier alpha value is -1.59. The zero-order valence-electron chi connectivity index (χ0n) is 15.8. The summed E-state index contributed by atoms with van der Waals surface area (Å²) < 4.78 is 11.7. The van der Waals surface area contributed by atoms with Crippen LogP contribution in [0.5, 0.6) is 5.75 Å². The van der Waals surface area contributed by atoms with Gasteiger partial charge >= 0.3 is 0 Å². The number of piperidine rings is 1. The van der Waals surface area contributed by atoms with Gasteiger partial charge in [-0.1, -0.05) is 37.5 Å². The number of para-hydroxylation sites is 1. The highest BCUT2D eigenvalue weighted by atomic mass is 16.5. The Balaban J connectivity index is 1.59. The third-order valence-electron chi connectivity index (χ3n) is 5.83. The molecule has 1 N–H and O–H groups in total. The van der Waals surface area contributed by atoms with Crippen LogP contribution in [0.2, 0.25) is 0 Å². The summed E-state index contributed by atoms with van der Waals surface area (Å²) in [6.45, 7) is 1.66. The number of nitrogens with zero attached hydrogens (tertiary/aromatic N) is 1. The molecule has 2 fully saturated rings. The van der Waals surface area contributed by atoms with Gasteiger partial charge in [0.2, 0.25) is 5.91 Å². The zero-order valence-corrected chi connectivity index (χ0v) is 15.8. The van der Waals surface area contributed by atoms with Crippen LogP contribution in [0.25, 0.3) is 0 Å². The molecule has 1 aliphatic heterocycles. The fourth-order valence-corrected chi connectivity index (χ4v) is 4.17. The molecule has 1 unspecified atom stereocenters. The van der Waals surface area contributed by atoms with Crippen LogP contribution in [0.15, 0.2) is 30.3 Å².